The van der Waals surface area contributed by atoms with Crippen molar-refractivity contribution in [2.24, 2.45) is 11.7 Å². The molecule has 0 heterocycles. The molecule has 1 aliphatic rings. The molecule has 1 aliphatic carbocycles. The molecule has 0 atom stereocenters. The van der Waals surface area contributed by atoms with Crippen molar-refractivity contribution in [3.8, 4) is 0 Å². The average molecular weight is 135 g/mol. The van der Waals surface area contributed by atoms with Crippen molar-refractivity contribution in [1.29, 1.82) is 0 Å². The van der Waals surface area contributed by atoms with Gasteiger partial charge in [-0.1, -0.05) is 36.5 Å². The van der Waals surface area contributed by atoms with Crippen molar-refractivity contribution in [3.05, 3.63) is 36.5 Å². The van der Waals surface area contributed by atoms with Gasteiger partial charge in [0.1, 0.15) is 0 Å². The lowest BCUT2D eigenvalue weighted by atomic mass is 10.1. The third kappa shape index (κ3) is 2.19. The van der Waals surface area contributed by atoms with Crippen molar-refractivity contribution < 1.29 is 0 Å². The first-order valence-electron chi connectivity index (χ1n) is 3.65. The Morgan fingerprint density at radius 1 is 1.00 bits per heavy atom. The molecular formula is C9H13N. The van der Waals surface area contributed by atoms with E-state index < -0.39 is 0 Å². The van der Waals surface area contributed by atoms with E-state index in [1.54, 1.807) is 0 Å². The van der Waals surface area contributed by atoms with Crippen LogP contribution in [-0.4, -0.2) is 6.54 Å². The smallest absolute Gasteiger partial charge is 0.00353 e. The molecule has 2 N–H and O–H groups in total. The van der Waals surface area contributed by atoms with Crippen LogP contribution in [0.1, 0.15) is 6.42 Å². The van der Waals surface area contributed by atoms with E-state index in [9.17, 15) is 0 Å². The Morgan fingerprint density at radius 3 is 2.10 bits per heavy atom. The minimum Gasteiger partial charge on any atom is -0.330 e. The standard InChI is InChI=1S/C9H13N/c10-8-7-9-5-3-1-2-4-6-9/h1-6,9H,7-8,10H2. The minimum atomic E-state index is 0.542. The Labute approximate surface area is 61.9 Å². The third-order valence-electron chi connectivity index (χ3n) is 1.55. The summed E-state index contributed by atoms with van der Waals surface area (Å²) in [5, 5.41) is 0. The largest absolute Gasteiger partial charge is 0.330 e. The molecule has 0 aromatic carbocycles. The molecule has 0 unspecified atom stereocenters. The quantitative estimate of drug-likeness (QED) is 0.612. The number of allylic oxidation sites excluding steroid dienone is 6. The number of hydrogen-bond acceptors (Lipinski definition) is 1. The highest BCUT2D eigenvalue weighted by atomic mass is 14.5. The number of rotatable bonds is 2. The maximum absolute atomic E-state index is 5.42. The summed E-state index contributed by atoms with van der Waals surface area (Å²) in [5.41, 5.74) is 5.42. The Bertz CT molecular complexity index is 150. The normalized spacial score (nSPS) is 17.7. The molecule has 54 valence electrons. The van der Waals surface area contributed by atoms with Gasteiger partial charge in [0.15, 0.2) is 0 Å². The molecule has 0 aromatic rings. The molecule has 1 heteroatoms. The maximum atomic E-state index is 5.42. The monoisotopic (exact) mass is 135 g/mol. The zero-order valence-corrected chi connectivity index (χ0v) is 6.03. The SMILES string of the molecule is NCCC1C=CC=CC=C1. The second kappa shape index (κ2) is 4.07. The van der Waals surface area contributed by atoms with E-state index in [0.717, 1.165) is 13.0 Å². The van der Waals surface area contributed by atoms with Gasteiger partial charge in [-0.15, -0.1) is 0 Å². The van der Waals surface area contributed by atoms with Crippen LogP contribution in [0.15, 0.2) is 36.5 Å². The molecule has 10 heavy (non-hydrogen) atoms. The molecule has 0 aliphatic heterocycles. The van der Waals surface area contributed by atoms with Crippen LogP contribution in [0.4, 0.5) is 0 Å². The van der Waals surface area contributed by atoms with Gasteiger partial charge in [0.25, 0.3) is 0 Å². The van der Waals surface area contributed by atoms with Gasteiger partial charge in [0.05, 0.1) is 0 Å². The molecule has 0 saturated carbocycles. The highest BCUT2D eigenvalue weighted by Crippen LogP contribution is 2.08. The molecule has 0 spiro atoms. The summed E-state index contributed by atoms with van der Waals surface area (Å²) < 4.78 is 0. The lowest BCUT2D eigenvalue weighted by molar-refractivity contribution is 0.721. The van der Waals surface area contributed by atoms with Crippen LogP contribution >= 0.6 is 0 Å². The maximum Gasteiger partial charge on any atom is -0.00353 e. The molecule has 0 aromatic heterocycles. The van der Waals surface area contributed by atoms with Crippen LogP contribution in [0, 0.1) is 5.92 Å². The predicted molar refractivity (Wildman–Crippen MR) is 44.6 cm³/mol. The Morgan fingerprint density at radius 2 is 1.60 bits per heavy atom. The van der Waals surface area contributed by atoms with Crippen LogP contribution in [0.5, 0.6) is 0 Å². The fourth-order valence-electron chi connectivity index (χ4n) is 0.991. The van der Waals surface area contributed by atoms with Gasteiger partial charge < -0.3 is 5.73 Å². The van der Waals surface area contributed by atoms with Crippen molar-refractivity contribution in [3.63, 3.8) is 0 Å². The van der Waals surface area contributed by atoms with E-state index in [0.29, 0.717) is 5.92 Å². The first-order chi connectivity index (χ1) is 4.93. The molecule has 0 fully saturated rings. The minimum absolute atomic E-state index is 0.542. The third-order valence-corrected chi connectivity index (χ3v) is 1.55. The van der Waals surface area contributed by atoms with Crippen LogP contribution < -0.4 is 5.73 Å². The summed E-state index contributed by atoms with van der Waals surface area (Å²) in [4.78, 5) is 0. The van der Waals surface area contributed by atoms with Crippen LogP contribution in [0.3, 0.4) is 0 Å². The zero-order chi connectivity index (χ0) is 7.23. The molecule has 1 rings (SSSR count). The average Bonchev–Trinajstić information content (AvgIpc) is 2.17. The highest BCUT2D eigenvalue weighted by Gasteiger charge is 1.97. The predicted octanol–water partition coefficient (Wildman–Crippen LogP) is 1.63. The van der Waals surface area contributed by atoms with Gasteiger partial charge >= 0.3 is 0 Å². The van der Waals surface area contributed by atoms with Gasteiger partial charge in [0, 0.05) is 0 Å². The van der Waals surface area contributed by atoms with Gasteiger partial charge in [-0.3, -0.25) is 0 Å². The van der Waals surface area contributed by atoms with E-state index in [4.69, 9.17) is 5.73 Å². The van der Waals surface area contributed by atoms with Gasteiger partial charge in [0.2, 0.25) is 0 Å². The topological polar surface area (TPSA) is 26.0 Å². The number of hydrogen-bond donors (Lipinski definition) is 1. The van der Waals surface area contributed by atoms with Crippen molar-refractivity contribution in [2.75, 3.05) is 6.54 Å². The first-order valence-corrected chi connectivity index (χ1v) is 3.65. The highest BCUT2D eigenvalue weighted by molar-refractivity contribution is 5.19. The van der Waals surface area contributed by atoms with Crippen LogP contribution in [-0.2, 0) is 0 Å². The van der Waals surface area contributed by atoms with Gasteiger partial charge in [-0.2, -0.15) is 0 Å². The summed E-state index contributed by atoms with van der Waals surface area (Å²) in [5.74, 6) is 0.542. The summed E-state index contributed by atoms with van der Waals surface area (Å²) in [6, 6.07) is 0. The molecule has 0 radical (unpaired) electrons. The van der Waals surface area contributed by atoms with Crippen molar-refractivity contribution >= 4 is 0 Å². The molecular weight excluding hydrogens is 122 g/mol. The zero-order valence-electron chi connectivity index (χ0n) is 6.03. The number of nitrogens with two attached hydrogens (primary N) is 1. The summed E-state index contributed by atoms with van der Waals surface area (Å²) in [6.07, 6.45) is 13.6. The van der Waals surface area contributed by atoms with E-state index in [-0.39, 0.29) is 0 Å². The fraction of sp³-hybridized carbons (Fsp3) is 0.333. The van der Waals surface area contributed by atoms with E-state index in [1.807, 2.05) is 12.2 Å². The Balaban J connectivity index is 2.46. The van der Waals surface area contributed by atoms with Gasteiger partial charge in [-0.25, -0.2) is 0 Å². The molecule has 0 bridgehead atoms. The van der Waals surface area contributed by atoms with E-state index >= 15 is 0 Å². The first kappa shape index (κ1) is 7.29. The lowest BCUT2D eigenvalue weighted by Crippen LogP contribution is -2.04. The Kier molecular flexibility index (Phi) is 2.97. The lowest BCUT2D eigenvalue weighted by Gasteiger charge is -2.02. The van der Waals surface area contributed by atoms with Crippen LogP contribution in [0.25, 0.3) is 0 Å². The van der Waals surface area contributed by atoms with E-state index in [2.05, 4.69) is 24.3 Å². The Hall–Kier alpha value is -0.820. The molecule has 1 nitrogen and oxygen atoms in total. The second-order valence-corrected chi connectivity index (χ2v) is 2.40. The molecule has 0 saturated heterocycles. The summed E-state index contributed by atoms with van der Waals surface area (Å²) in [7, 11) is 0. The summed E-state index contributed by atoms with van der Waals surface area (Å²) >= 11 is 0. The summed E-state index contributed by atoms with van der Waals surface area (Å²) in [6.45, 7) is 0.763. The van der Waals surface area contributed by atoms with Gasteiger partial charge in [-0.05, 0) is 18.9 Å². The fourth-order valence-corrected chi connectivity index (χ4v) is 0.991. The van der Waals surface area contributed by atoms with Crippen LogP contribution in [0.2, 0.25) is 0 Å². The second-order valence-electron chi connectivity index (χ2n) is 2.40. The van der Waals surface area contributed by atoms with Crippen molar-refractivity contribution in [2.45, 2.75) is 6.42 Å². The molecule has 0 amide bonds. The van der Waals surface area contributed by atoms with Crippen molar-refractivity contribution in [1.82, 2.24) is 0 Å². The van der Waals surface area contributed by atoms with E-state index in [1.165, 1.54) is 0 Å².